The fourth-order valence-electron chi connectivity index (χ4n) is 3.04. The van der Waals surface area contributed by atoms with Crippen LogP contribution < -0.4 is 14.8 Å². The molecule has 0 saturated carbocycles. The molecule has 0 bridgehead atoms. The number of esters is 3. The summed E-state index contributed by atoms with van der Waals surface area (Å²) in [6.45, 7) is 3.26. The predicted octanol–water partition coefficient (Wildman–Crippen LogP) is 3.18. The molecular weight excluding hydrogens is 454 g/mol. The van der Waals surface area contributed by atoms with Gasteiger partial charge < -0.3 is 24.3 Å². The van der Waals surface area contributed by atoms with Gasteiger partial charge in [-0.1, -0.05) is 19.1 Å². The molecule has 1 N–H and O–H groups in total. The molecule has 0 aliphatic heterocycles. The highest BCUT2D eigenvalue weighted by Gasteiger charge is 2.23. The zero-order valence-electron chi connectivity index (χ0n) is 20.0. The van der Waals surface area contributed by atoms with Crippen molar-refractivity contribution in [2.24, 2.45) is 0 Å². The minimum absolute atomic E-state index is 0.00489. The van der Waals surface area contributed by atoms with Crippen molar-refractivity contribution in [1.82, 2.24) is 5.32 Å². The molecule has 186 valence electrons. The first-order chi connectivity index (χ1) is 16.7. The van der Waals surface area contributed by atoms with E-state index in [0.717, 1.165) is 0 Å². The molecule has 2 rings (SSSR count). The summed E-state index contributed by atoms with van der Waals surface area (Å²) in [5, 5.41) is 2.69. The number of carbonyl (C=O) groups is 5. The van der Waals surface area contributed by atoms with Crippen molar-refractivity contribution in [3.63, 3.8) is 0 Å². The van der Waals surface area contributed by atoms with Gasteiger partial charge in [-0.3, -0.25) is 9.59 Å². The van der Waals surface area contributed by atoms with E-state index in [2.05, 4.69) is 10.1 Å². The van der Waals surface area contributed by atoms with E-state index >= 15 is 0 Å². The summed E-state index contributed by atoms with van der Waals surface area (Å²) in [4.78, 5) is 59.4. The van der Waals surface area contributed by atoms with Crippen molar-refractivity contribution in [3.05, 3.63) is 59.7 Å². The second-order valence-electron chi connectivity index (χ2n) is 7.83. The third kappa shape index (κ3) is 9.40. The topological polar surface area (TPSA) is 125 Å². The van der Waals surface area contributed by atoms with Gasteiger partial charge in [-0.15, -0.1) is 0 Å². The average Bonchev–Trinajstić information content (AvgIpc) is 2.83. The van der Waals surface area contributed by atoms with Crippen LogP contribution in [0.15, 0.2) is 48.5 Å². The van der Waals surface area contributed by atoms with Gasteiger partial charge in [0, 0.05) is 19.3 Å². The summed E-state index contributed by atoms with van der Waals surface area (Å²) in [5.41, 5.74) is 1.01. The Morgan fingerprint density at radius 3 is 2.00 bits per heavy atom. The fraction of sp³-hybridized carbons (Fsp3) is 0.346. The highest BCUT2D eigenvalue weighted by molar-refractivity contribution is 5.90. The molecule has 0 spiro atoms. The maximum absolute atomic E-state index is 12.8. The van der Waals surface area contributed by atoms with Crippen LogP contribution in [0.2, 0.25) is 0 Å². The summed E-state index contributed by atoms with van der Waals surface area (Å²) in [5.74, 6) is -1.56. The maximum atomic E-state index is 12.8. The second kappa shape index (κ2) is 13.6. The monoisotopic (exact) mass is 483 g/mol. The molecule has 9 heteroatoms. The van der Waals surface area contributed by atoms with E-state index in [4.69, 9.17) is 9.47 Å². The van der Waals surface area contributed by atoms with Crippen molar-refractivity contribution < 1.29 is 38.2 Å². The average molecular weight is 484 g/mol. The first kappa shape index (κ1) is 27.2. The Morgan fingerprint density at radius 1 is 0.829 bits per heavy atom. The van der Waals surface area contributed by atoms with Crippen molar-refractivity contribution in [2.45, 2.75) is 52.0 Å². The van der Waals surface area contributed by atoms with E-state index in [9.17, 15) is 24.0 Å². The van der Waals surface area contributed by atoms with Crippen LogP contribution >= 0.6 is 0 Å². The van der Waals surface area contributed by atoms with Crippen LogP contribution in [-0.2, 0) is 30.3 Å². The fourth-order valence-corrected chi connectivity index (χ4v) is 3.04. The lowest BCUT2D eigenvalue weighted by molar-refractivity contribution is -0.139. The van der Waals surface area contributed by atoms with Crippen LogP contribution in [0.25, 0.3) is 0 Å². The van der Waals surface area contributed by atoms with Gasteiger partial charge in [0.05, 0.1) is 19.1 Å². The Morgan fingerprint density at radius 2 is 1.43 bits per heavy atom. The number of benzene rings is 2. The number of ketones is 1. The largest absolute Gasteiger partial charge is 0.465 e. The molecule has 1 amide bonds. The third-order valence-corrected chi connectivity index (χ3v) is 4.87. The molecule has 0 aliphatic rings. The summed E-state index contributed by atoms with van der Waals surface area (Å²) in [7, 11) is 1.27. The smallest absolute Gasteiger partial charge is 0.337 e. The molecule has 2 aromatic rings. The normalized spacial score (nSPS) is 11.2. The van der Waals surface area contributed by atoms with Crippen molar-refractivity contribution in [1.29, 1.82) is 0 Å². The highest BCUT2D eigenvalue weighted by atomic mass is 16.5. The van der Waals surface area contributed by atoms with Gasteiger partial charge in [0.15, 0.2) is 0 Å². The van der Waals surface area contributed by atoms with Gasteiger partial charge in [-0.05, 0) is 55.3 Å². The highest BCUT2D eigenvalue weighted by Crippen LogP contribution is 2.17. The lowest BCUT2D eigenvalue weighted by Crippen LogP contribution is -2.44. The van der Waals surface area contributed by atoms with Crippen LogP contribution in [0.1, 0.15) is 55.5 Å². The van der Waals surface area contributed by atoms with Crippen molar-refractivity contribution in [2.75, 3.05) is 7.11 Å². The standard InChI is InChI=1S/C26H29NO8/c1-4-5-23(29)27-22(26(32)35-21-13-9-19(10-14-21)25(31)33-3)16-18-7-11-20(12-8-18)34-24(30)15-6-17(2)28/h7-14,22H,4-6,15-16H2,1-3H3,(H,27,29). The number of amides is 1. The van der Waals surface area contributed by atoms with E-state index in [1.54, 1.807) is 24.3 Å². The minimum Gasteiger partial charge on any atom is -0.465 e. The van der Waals surface area contributed by atoms with E-state index in [1.807, 2.05) is 6.92 Å². The van der Waals surface area contributed by atoms with Gasteiger partial charge >= 0.3 is 17.9 Å². The van der Waals surface area contributed by atoms with Crippen LogP contribution in [0, 0.1) is 0 Å². The van der Waals surface area contributed by atoms with Crippen molar-refractivity contribution in [3.8, 4) is 11.5 Å². The van der Waals surface area contributed by atoms with Gasteiger partial charge in [-0.2, -0.15) is 0 Å². The van der Waals surface area contributed by atoms with Crippen LogP contribution in [0.3, 0.4) is 0 Å². The van der Waals surface area contributed by atoms with E-state index in [0.29, 0.717) is 23.3 Å². The Bertz CT molecular complexity index is 1040. The third-order valence-electron chi connectivity index (χ3n) is 4.87. The molecule has 0 saturated heterocycles. The molecule has 0 aromatic heterocycles. The van der Waals surface area contributed by atoms with Crippen molar-refractivity contribution >= 4 is 29.6 Å². The Kier molecular flexibility index (Phi) is 10.6. The van der Waals surface area contributed by atoms with Crippen LogP contribution in [0.4, 0.5) is 0 Å². The first-order valence-corrected chi connectivity index (χ1v) is 11.2. The number of ether oxygens (including phenoxy) is 3. The Balaban J connectivity index is 2.07. The molecule has 0 fully saturated rings. The van der Waals surface area contributed by atoms with Gasteiger partial charge in [-0.25, -0.2) is 9.59 Å². The Hall–Kier alpha value is -4.01. The minimum atomic E-state index is -0.960. The molecule has 1 atom stereocenters. The summed E-state index contributed by atoms with van der Waals surface area (Å²) >= 11 is 0. The predicted molar refractivity (Wildman–Crippen MR) is 126 cm³/mol. The Labute approximate surface area is 203 Å². The van der Waals surface area contributed by atoms with Crippen LogP contribution in [-0.4, -0.2) is 42.7 Å². The number of methoxy groups -OCH3 is 1. The van der Waals surface area contributed by atoms with E-state index in [1.165, 1.54) is 38.3 Å². The number of carbonyl (C=O) groups excluding carboxylic acids is 5. The maximum Gasteiger partial charge on any atom is 0.337 e. The summed E-state index contributed by atoms with van der Waals surface area (Å²) < 4.78 is 15.3. The first-order valence-electron chi connectivity index (χ1n) is 11.2. The van der Waals surface area contributed by atoms with Gasteiger partial charge in [0.2, 0.25) is 5.91 Å². The molecule has 0 aliphatic carbocycles. The molecule has 1 unspecified atom stereocenters. The number of Topliss-reactive ketones (excluding diaryl/α,β-unsaturated/α-hetero) is 1. The van der Waals surface area contributed by atoms with E-state index in [-0.39, 0.29) is 43.1 Å². The summed E-state index contributed by atoms with van der Waals surface area (Å²) in [6.07, 6.45) is 1.13. The molecular formula is C26H29NO8. The quantitative estimate of drug-likeness (QED) is 0.360. The van der Waals surface area contributed by atoms with Crippen LogP contribution in [0.5, 0.6) is 11.5 Å². The number of hydrogen-bond donors (Lipinski definition) is 1. The lowest BCUT2D eigenvalue weighted by atomic mass is 10.1. The molecule has 0 heterocycles. The number of nitrogens with one attached hydrogen (secondary N) is 1. The molecule has 0 radical (unpaired) electrons. The summed E-state index contributed by atoms with van der Waals surface area (Å²) in [6, 6.07) is 11.4. The van der Waals surface area contributed by atoms with Gasteiger partial charge in [0.1, 0.15) is 23.3 Å². The zero-order chi connectivity index (χ0) is 25.8. The molecule has 35 heavy (non-hydrogen) atoms. The van der Waals surface area contributed by atoms with E-state index < -0.39 is 23.9 Å². The second-order valence-corrected chi connectivity index (χ2v) is 7.83. The van der Waals surface area contributed by atoms with Gasteiger partial charge in [0.25, 0.3) is 0 Å². The lowest BCUT2D eigenvalue weighted by Gasteiger charge is -2.18. The zero-order valence-corrected chi connectivity index (χ0v) is 20.0. The molecule has 9 nitrogen and oxygen atoms in total. The number of hydrogen-bond acceptors (Lipinski definition) is 8. The molecule has 2 aromatic carbocycles. The number of rotatable bonds is 12. The SMILES string of the molecule is CCCC(=O)NC(Cc1ccc(OC(=O)CCC(C)=O)cc1)C(=O)Oc1ccc(C(=O)OC)cc1.